The fourth-order valence-corrected chi connectivity index (χ4v) is 8.70. The van der Waals surface area contributed by atoms with Crippen molar-refractivity contribution in [2.45, 2.75) is 66.0 Å². The molecule has 8 rings (SSSR count). The molecule has 0 aliphatic carbocycles. The molecule has 5 aromatic rings. The number of carbonyl (C=O) groups excluding carboxylic acids is 5. The van der Waals surface area contributed by atoms with Crippen molar-refractivity contribution >= 4 is 40.9 Å². The topological polar surface area (TPSA) is 212 Å². The maximum atomic E-state index is 13.8. The maximum absolute atomic E-state index is 13.8. The Morgan fingerprint density at radius 2 is 1.61 bits per heavy atom. The summed E-state index contributed by atoms with van der Waals surface area (Å²) in [6.07, 6.45) is 0.485. The highest BCUT2D eigenvalue weighted by atomic mass is 16.5. The van der Waals surface area contributed by atoms with Gasteiger partial charge in [-0.05, 0) is 104 Å². The number of benzene rings is 4. The molecular formula is C47H51N9O8. The molecule has 64 heavy (non-hydrogen) atoms. The number of hydrogen-bond acceptors (Lipinski definition) is 12. The predicted molar refractivity (Wildman–Crippen MR) is 238 cm³/mol. The van der Waals surface area contributed by atoms with Crippen LogP contribution in [0, 0.1) is 13.8 Å². The first-order chi connectivity index (χ1) is 30.7. The zero-order valence-electron chi connectivity index (χ0n) is 36.4. The molecule has 0 bridgehead atoms. The van der Waals surface area contributed by atoms with Gasteiger partial charge in [-0.1, -0.05) is 19.9 Å². The van der Waals surface area contributed by atoms with Gasteiger partial charge in [0.15, 0.2) is 12.6 Å². The van der Waals surface area contributed by atoms with Crippen molar-refractivity contribution in [1.29, 1.82) is 0 Å². The number of rotatable bonds is 12. The molecule has 3 aliphatic rings. The molecule has 1 atom stereocenters. The lowest BCUT2D eigenvalue weighted by atomic mass is 9.98. The molecule has 4 heterocycles. The summed E-state index contributed by atoms with van der Waals surface area (Å²) >= 11 is 0. The number of aromatic hydroxyl groups is 2. The highest BCUT2D eigenvalue weighted by molar-refractivity contribution is 6.06. The standard InChI is InChI=1S/C47H51N9O8/c1-6-48-45(61)43-52-51-42(34-22-33(26(2)3)38(57)23-39(34)58)56(43)30-12-10-29(11-13-30)46(62)54-18-16-53(17-19-54)31-20-27(4)41(28(5)21-31)64-25-49-36-9-7-8-32-35(36)24-55(47(32)63)37-14-15-40(59)50-44(37)60/h7-13,20-23,26,37,49,57-58H,6,14-19,24-25H2,1-5H3,(H,48,61)(H,50,59,60). The van der Waals surface area contributed by atoms with Gasteiger partial charge >= 0.3 is 0 Å². The third-order valence-electron chi connectivity index (χ3n) is 12.0. The molecule has 5 N–H and O–H groups in total. The van der Waals surface area contributed by atoms with Crippen LogP contribution in [0.2, 0.25) is 0 Å². The fourth-order valence-electron chi connectivity index (χ4n) is 8.70. The number of hydrogen-bond donors (Lipinski definition) is 5. The highest BCUT2D eigenvalue weighted by Gasteiger charge is 2.40. The van der Waals surface area contributed by atoms with Gasteiger partial charge in [-0.3, -0.25) is 33.9 Å². The maximum Gasteiger partial charge on any atom is 0.289 e. The van der Waals surface area contributed by atoms with Gasteiger partial charge in [0.05, 0.1) is 5.56 Å². The minimum absolute atomic E-state index is 0.00255. The van der Waals surface area contributed by atoms with Gasteiger partial charge in [0.2, 0.25) is 17.6 Å². The summed E-state index contributed by atoms with van der Waals surface area (Å²) in [5.41, 5.74) is 6.81. The zero-order valence-corrected chi connectivity index (χ0v) is 36.4. The molecule has 3 aliphatic heterocycles. The molecule has 1 aromatic heterocycles. The predicted octanol–water partition coefficient (Wildman–Crippen LogP) is 5.01. The lowest BCUT2D eigenvalue weighted by Crippen LogP contribution is -2.52. The van der Waals surface area contributed by atoms with Crippen LogP contribution in [0.3, 0.4) is 0 Å². The molecule has 2 saturated heterocycles. The third kappa shape index (κ3) is 8.27. The number of nitrogens with zero attached hydrogens (tertiary/aromatic N) is 6. The Morgan fingerprint density at radius 3 is 2.28 bits per heavy atom. The number of aromatic nitrogens is 3. The quantitative estimate of drug-likeness (QED) is 0.0828. The van der Waals surface area contributed by atoms with Crippen LogP contribution in [0.25, 0.3) is 17.1 Å². The van der Waals surface area contributed by atoms with E-state index >= 15 is 0 Å². The van der Waals surface area contributed by atoms with Crippen molar-refractivity contribution in [3.8, 4) is 34.3 Å². The second kappa shape index (κ2) is 17.7. The normalized spacial score (nSPS) is 16.2. The summed E-state index contributed by atoms with van der Waals surface area (Å²) in [6.45, 7) is 12.6. The molecular weight excluding hydrogens is 819 g/mol. The molecule has 17 nitrogen and oxygen atoms in total. The number of ether oxygens (including phenoxy) is 1. The third-order valence-corrected chi connectivity index (χ3v) is 12.0. The molecule has 0 spiro atoms. The summed E-state index contributed by atoms with van der Waals surface area (Å²) in [7, 11) is 0. The summed E-state index contributed by atoms with van der Waals surface area (Å²) in [5.74, 6) is -0.989. The SMILES string of the molecule is CCNC(=O)c1nnc(-c2cc(C(C)C)c(O)cc2O)n1-c1ccc(C(=O)N2CCN(c3cc(C)c(OCNc4cccc5c4CN(C4CCC(=O)NC4=O)C5=O)c(C)c3)CC2)cc1. The lowest BCUT2D eigenvalue weighted by Gasteiger charge is -2.36. The Labute approximate surface area is 370 Å². The van der Waals surface area contributed by atoms with Crippen molar-refractivity contribution in [3.63, 3.8) is 0 Å². The van der Waals surface area contributed by atoms with Crippen LogP contribution >= 0.6 is 0 Å². The molecule has 0 saturated carbocycles. The Kier molecular flexibility index (Phi) is 12.0. The number of fused-ring (bicyclic) bond motifs is 1. The first-order valence-corrected chi connectivity index (χ1v) is 21.4. The average Bonchev–Trinajstić information content (AvgIpc) is 3.86. The van der Waals surface area contributed by atoms with Gasteiger partial charge in [-0.25, -0.2) is 0 Å². The van der Waals surface area contributed by atoms with Crippen molar-refractivity contribution < 1.29 is 38.9 Å². The number of phenolic OH excluding ortho intramolecular Hbond substituents is 2. The van der Waals surface area contributed by atoms with Crippen molar-refractivity contribution in [2.24, 2.45) is 0 Å². The van der Waals surface area contributed by atoms with E-state index in [1.54, 1.807) is 49.4 Å². The number of piperidine rings is 1. The van der Waals surface area contributed by atoms with Crippen LogP contribution in [-0.4, -0.2) is 110 Å². The second-order valence-electron chi connectivity index (χ2n) is 16.6. The van der Waals surface area contributed by atoms with Gasteiger partial charge in [0, 0.05) is 85.5 Å². The smallest absolute Gasteiger partial charge is 0.289 e. The fraction of sp³-hybridized carbons (Fsp3) is 0.340. The van der Waals surface area contributed by atoms with Crippen LogP contribution in [-0.2, 0) is 16.1 Å². The van der Waals surface area contributed by atoms with Crippen LogP contribution in [0.15, 0.2) is 66.7 Å². The number of anilines is 2. The largest absolute Gasteiger partial charge is 0.508 e. The minimum Gasteiger partial charge on any atom is -0.508 e. The van der Waals surface area contributed by atoms with E-state index in [0.717, 1.165) is 33.8 Å². The van der Waals surface area contributed by atoms with E-state index in [2.05, 4.69) is 43.2 Å². The Morgan fingerprint density at radius 1 is 0.891 bits per heavy atom. The van der Waals surface area contributed by atoms with Gasteiger partial charge in [0.25, 0.3) is 17.7 Å². The monoisotopic (exact) mass is 869 g/mol. The van der Waals surface area contributed by atoms with Gasteiger partial charge in [0.1, 0.15) is 23.3 Å². The lowest BCUT2D eigenvalue weighted by molar-refractivity contribution is -0.136. The molecule has 5 amide bonds. The molecule has 17 heteroatoms. The van der Waals surface area contributed by atoms with Crippen LogP contribution in [0.4, 0.5) is 11.4 Å². The number of aryl methyl sites for hydroxylation is 2. The van der Waals surface area contributed by atoms with Crippen LogP contribution < -0.4 is 25.6 Å². The van der Waals surface area contributed by atoms with Crippen molar-refractivity contribution in [1.82, 2.24) is 35.2 Å². The van der Waals surface area contributed by atoms with Crippen molar-refractivity contribution in [2.75, 3.05) is 49.7 Å². The van der Waals surface area contributed by atoms with Gasteiger partial charge < -0.3 is 40.3 Å². The Balaban J connectivity index is 0.901. The van der Waals surface area contributed by atoms with Gasteiger partial charge in [-0.2, -0.15) is 0 Å². The van der Waals surface area contributed by atoms with E-state index in [1.165, 1.54) is 15.5 Å². The average molecular weight is 870 g/mol. The number of nitrogens with one attached hydrogen (secondary N) is 3. The van der Waals surface area contributed by atoms with E-state index in [9.17, 15) is 34.2 Å². The zero-order chi connectivity index (χ0) is 45.4. The van der Waals surface area contributed by atoms with Crippen LogP contribution in [0.5, 0.6) is 17.2 Å². The number of imide groups is 1. The second-order valence-corrected chi connectivity index (χ2v) is 16.6. The molecule has 2 fully saturated rings. The number of amides is 5. The first kappa shape index (κ1) is 43.2. The summed E-state index contributed by atoms with van der Waals surface area (Å²) in [6, 6.07) is 18.6. The molecule has 332 valence electrons. The van der Waals surface area contributed by atoms with E-state index in [1.807, 2.05) is 38.7 Å². The van der Waals surface area contributed by atoms with E-state index in [0.29, 0.717) is 67.1 Å². The van der Waals surface area contributed by atoms with E-state index < -0.39 is 17.9 Å². The van der Waals surface area contributed by atoms with Crippen molar-refractivity contribution in [3.05, 3.63) is 106 Å². The first-order valence-electron chi connectivity index (χ1n) is 21.4. The van der Waals surface area contributed by atoms with Crippen LogP contribution in [0.1, 0.15) is 93.1 Å². The Bertz CT molecular complexity index is 2650. The molecule has 0 radical (unpaired) electrons. The summed E-state index contributed by atoms with van der Waals surface area (Å²) in [4.78, 5) is 70.0. The number of piperazine rings is 1. The van der Waals surface area contributed by atoms with Gasteiger partial charge in [-0.15, -0.1) is 10.2 Å². The summed E-state index contributed by atoms with van der Waals surface area (Å²) < 4.78 is 7.78. The number of phenols is 2. The van der Waals surface area contributed by atoms with E-state index in [-0.39, 0.29) is 66.5 Å². The minimum atomic E-state index is -0.694. The molecule has 4 aromatic carbocycles. The highest BCUT2D eigenvalue weighted by Crippen LogP contribution is 2.39. The molecule has 1 unspecified atom stereocenters. The summed E-state index contributed by atoms with van der Waals surface area (Å²) in [5, 5.41) is 38.2. The Hall–Kier alpha value is -7.43. The number of carbonyl (C=O) groups is 5. The van der Waals surface area contributed by atoms with E-state index in [4.69, 9.17) is 4.74 Å².